The summed E-state index contributed by atoms with van der Waals surface area (Å²) in [5, 5.41) is 5.24. The van der Waals surface area contributed by atoms with Crippen LogP contribution >= 0.6 is 15.9 Å². The van der Waals surface area contributed by atoms with Crippen LogP contribution in [0.25, 0.3) is 11.0 Å². The number of nitrogens with one attached hydrogen (secondary N) is 2. The van der Waals surface area contributed by atoms with E-state index in [4.69, 9.17) is 4.42 Å². The van der Waals surface area contributed by atoms with E-state index >= 15 is 0 Å². The highest BCUT2D eigenvalue weighted by Gasteiger charge is 2.30. The molecule has 3 aromatic carbocycles. The summed E-state index contributed by atoms with van der Waals surface area (Å²) in [7, 11) is 0. The number of halogens is 4. The zero-order valence-corrected chi connectivity index (χ0v) is 18.7. The molecule has 0 saturated heterocycles. The summed E-state index contributed by atoms with van der Waals surface area (Å²) in [6.07, 6.45) is -4.54. The van der Waals surface area contributed by atoms with E-state index in [0.29, 0.717) is 9.86 Å². The first-order valence-electron chi connectivity index (χ1n) is 9.73. The van der Waals surface area contributed by atoms with E-state index in [1.165, 1.54) is 36.4 Å². The third-order valence-electron chi connectivity index (χ3n) is 4.74. The lowest BCUT2D eigenvalue weighted by Gasteiger charge is -2.11. The summed E-state index contributed by atoms with van der Waals surface area (Å²) in [6, 6.07) is 15.9. The Morgan fingerprint density at radius 2 is 1.50 bits per heavy atom. The Morgan fingerprint density at radius 3 is 2.24 bits per heavy atom. The van der Waals surface area contributed by atoms with Gasteiger partial charge in [-0.3, -0.25) is 14.4 Å². The van der Waals surface area contributed by atoms with E-state index in [9.17, 15) is 27.6 Å². The molecule has 0 atom stereocenters. The molecule has 2 N–H and O–H groups in total. The topological polar surface area (TPSA) is 88.4 Å². The van der Waals surface area contributed by atoms with Gasteiger partial charge in [0.2, 0.25) is 0 Å². The number of benzene rings is 3. The summed E-state index contributed by atoms with van der Waals surface area (Å²) < 4.78 is 44.9. The fourth-order valence-electron chi connectivity index (χ4n) is 3.15. The maximum absolute atomic E-state index is 12.9. The van der Waals surface area contributed by atoms with Crippen LogP contribution in [0.3, 0.4) is 0 Å². The van der Waals surface area contributed by atoms with E-state index in [-0.39, 0.29) is 28.3 Å². The molecule has 172 valence electrons. The van der Waals surface area contributed by atoms with Crippen LogP contribution in [-0.4, -0.2) is 11.8 Å². The standard InChI is InChI=1S/C24H14BrF3N2O4/c25-15-7-8-20-18(11-15)19(31)12-21(34-20)23(33)30-16-5-1-3-13(9-16)22(32)29-17-6-2-4-14(10-17)24(26,27)28/h1-12H,(H,29,32)(H,30,33). The molecule has 0 aliphatic heterocycles. The molecule has 34 heavy (non-hydrogen) atoms. The third kappa shape index (κ3) is 5.18. The summed E-state index contributed by atoms with van der Waals surface area (Å²) in [5.74, 6) is -1.60. The molecule has 10 heteroatoms. The molecule has 4 aromatic rings. The predicted octanol–water partition coefficient (Wildman–Crippen LogP) is 6.08. The molecule has 0 unspecified atom stereocenters. The molecular weight excluding hydrogens is 517 g/mol. The van der Waals surface area contributed by atoms with Crippen LogP contribution in [0.2, 0.25) is 0 Å². The third-order valence-corrected chi connectivity index (χ3v) is 5.24. The number of hydrogen-bond acceptors (Lipinski definition) is 4. The van der Waals surface area contributed by atoms with E-state index < -0.39 is 29.0 Å². The molecule has 6 nitrogen and oxygen atoms in total. The number of alkyl halides is 3. The first kappa shape index (κ1) is 23.2. The van der Waals surface area contributed by atoms with Crippen LogP contribution in [-0.2, 0) is 6.18 Å². The number of fused-ring (bicyclic) bond motifs is 1. The summed E-state index contributed by atoms with van der Waals surface area (Å²) in [6.45, 7) is 0. The van der Waals surface area contributed by atoms with Gasteiger partial charge in [-0.25, -0.2) is 0 Å². The second kappa shape index (κ2) is 9.14. The molecule has 0 aliphatic carbocycles. The minimum Gasteiger partial charge on any atom is -0.451 e. The van der Waals surface area contributed by atoms with Gasteiger partial charge in [-0.1, -0.05) is 28.1 Å². The van der Waals surface area contributed by atoms with Gasteiger partial charge in [0.05, 0.1) is 10.9 Å². The van der Waals surface area contributed by atoms with Crippen molar-refractivity contribution in [3.05, 3.63) is 104 Å². The van der Waals surface area contributed by atoms with Crippen LogP contribution in [0.5, 0.6) is 0 Å². The van der Waals surface area contributed by atoms with Crippen molar-refractivity contribution in [1.29, 1.82) is 0 Å². The van der Waals surface area contributed by atoms with Gasteiger partial charge in [-0.15, -0.1) is 0 Å². The molecule has 0 radical (unpaired) electrons. The Hall–Kier alpha value is -3.92. The summed E-state index contributed by atoms with van der Waals surface area (Å²) in [5.41, 5.74) is -0.772. The molecule has 0 aliphatic rings. The van der Waals surface area contributed by atoms with Crippen LogP contribution in [0, 0.1) is 0 Å². The van der Waals surface area contributed by atoms with Crippen LogP contribution in [0.15, 0.2) is 86.5 Å². The smallest absolute Gasteiger partial charge is 0.416 e. The average Bonchev–Trinajstić information content (AvgIpc) is 2.79. The second-order valence-electron chi connectivity index (χ2n) is 7.18. The summed E-state index contributed by atoms with van der Waals surface area (Å²) in [4.78, 5) is 37.5. The SMILES string of the molecule is O=C(Nc1cccc(C(F)(F)F)c1)c1cccc(NC(=O)c2cc(=O)c3cc(Br)ccc3o2)c1. The Balaban J connectivity index is 1.52. The van der Waals surface area contributed by atoms with Gasteiger partial charge in [0.25, 0.3) is 11.8 Å². The van der Waals surface area contributed by atoms with Crippen molar-refractivity contribution in [2.24, 2.45) is 0 Å². The largest absolute Gasteiger partial charge is 0.451 e. The quantitative estimate of drug-likeness (QED) is 0.334. The maximum Gasteiger partial charge on any atom is 0.416 e. The zero-order valence-electron chi connectivity index (χ0n) is 17.1. The highest BCUT2D eigenvalue weighted by atomic mass is 79.9. The van der Waals surface area contributed by atoms with E-state index in [1.807, 2.05) is 0 Å². The number of hydrogen-bond donors (Lipinski definition) is 2. The fourth-order valence-corrected chi connectivity index (χ4v) is 3.51. The molecular formula is C24H14BrF3N2O4. The number of amides is 2. The first-order chi connectivity index (χ1) is 16.1. The summed E-state index contributed by atoms with van der Waals surface area (Å²) >= 11 is 3.27. The molecule has 0 bridgehead atoms. The molecule has 0 saturated carbocycles. The lowest BCUT2D eigenvalue weighted by atomic mass is 10.1. The van der Waals surface area contributed by atoms with Crippen molar-refractivity contribution < 1.29 is 27.2 Å². The predicted molar refractivity (Wildman–Crippen MR) is 124 cm³/mol. The van der Waals surface area contributed by atoms with Crippen LogP contribution < -0.4 is 16.1 Å². The average molecular weight is 531 g/mol. The highest BCUT2D eigenvalue weighted by molar-refractivity contribution is 9.10. The second-order valence-corrected chi connectivity index (χ2v) is 8.10. The van der Waals surface area contributed by atoms with Gasteiger partial charge in [-0.2, -0.15) is 13.2 Å². The number of rotatable bonds is 4. The van der Waals surface area contributed by atoms with Crippen molar-refractivity contribution >= 4 is 50.1 Å². The molecule has 4 rings (SSSR count). The Labute approximate surface area is 198 Å². The monoisotopic (exact) mass is 530 g/mol. The van der Waals surface area contributed by atoms with Crippen molar-refractivity contribution in [3.8, 4) is 0 Å². The van der Waals surface area contributed by atoms with Crippen molar-refractivity contribution in [3.63, 3.8) is 0 Å². The number of carbonyl (C=O) groups is 2. The maximum atomic E-state index is 12.9. The van der Waals surface area contributed by atoms with Crippen LogP contribution in [0.1, 0.15) is 26.5 Å². The first-order valence-corrected chi connectivity index (χ1v) is 10.5. The lowest BCUT2D eigenvalue weighted by Crippen LogP contribution is -2.16. The van der Waals surface area contributed by atoms with Crippen molar-refractivity contribution in [2.75, 3.05) is 10.6 Å². The Kier molecular flexibility index (Phi) is 6.25. The molecule has 1 heterocycles. The van der Waals surface area contributed by atoms with E-state index in [2.05, 4.69) is 26.6 Å². The van der Waals surface area contributed by atoms with Crippen LogP contribution in [0.4, 0.5) is 24.5 Å². The van der Waals surface area contributed by atoms with Gasteiger partial charge in [0.1, 0.15) is 5.58 Å². The van der Waals surface area contributed by atoms with Crippen molar-refractivity contribution in [2.45, 2.75) is 6.18 Å². The minimum atomic E-state index is -4.54. The van der Waals surface area contributed by atoms with Gasteiger partial charge < -0.3 is 15.1 Å². The molecule has 0 spiro atoms. The Bertz CT molecular complexity index is 1480. The molecule has 2 amide bonds. The van der Waals surface area contributed by atoms with Gasteiger partial charge in [0, 0.05) is 27.5 Å². The molecule has 0 fully saturated rings. The fraction of sp³-hybridized carbons (Fsp3) is 0.0417. The van der Waals surface area contributed by atoms with Gasteiger partial charge in [-0.05, 0) is 54.6 Å². The minimum absolute atomic E-state index is 0.0289. The highest BCUT2D eigenvalue weighted by Crippen LogP contribution is 2.30. The lowest BCUT2D eigenvalue weighted by molar-refractivity contribution is -0.137. The van der Waals surface area contributed by atoms with E-state index in [0.717, 1.165) is 18.2 Å². The Morgan fingerprint density at radius 1 is 0.824 bits per heavy atom. The van der Waals surface area contributed by atoms with Gasteiger partial charge in [0.15, 0.2) is 11.2 Å². The zero-order chi connectivity index (χ0) is 24.5. The number of carbonyl (C=O) groups excluding carboxylic acids is 2. The van der Waals surface area contributed by atoms with Gasteiger partial charge >= 0.3 is 6.18 Å². The normalized spacial score (nSPS) is 11.3. The molecule has 1 aromatic heterocycles. The number of anilines is 2. The van der Waals surface area contributed by atoms with Crippen molar-refractivity contribution in [1.82, 2.24) is 0 Å². The van der Waals surface area contributed by atoms with E-state index in [1.54, 1.807) is 18.2 Å².